The van der Waals surface area contributed by atoms with Crippen LogP contribution in [0.5, 0.6) is 5.75 Å². The minimum Gasteiger partial charge on any atom is -0.494 e. The van der Waals surface area contributed by atoms with E-state index in [1.807, 2.05) is 38.1 Å². The van der Waals surface area contributed by atoms with Crippen LogP contribution in [-0.4, -0.2) is 25.3 Å². The Kier molecular flexibility index (Phi) is 11.9. The van der Waals surface area contributed by atoms with Gasteiger partial charge in [-0.25, -0.2) is 4.79 Å². The molecule has 4 nitrogen and oxygen atoms in total. The fraction of sp³-hybridized carbons (Fsp3) is 0.536. The molecule has 176 valence electrons. The van der Waals surface area contributed by atoms with E-state index in [0.717, 1.165) is 41.9 Å². The van der Waals surface area contributed by atoms with Crippen LogP contribution in [0.4, 0.5) is 0 Å². The molecule has 0 saturated heterocycles. The van der Waals surface area contributed by atoms with E-state index in [4.69, 9.17) is 14.2 Å². The molecule has 0 N–H and O–H groups in total. The average Bonchev–Trinajstić information content (AvgIpc) is 2.82. The standard InChI is InChI=1S/C28H40O4/c1-5-7-8-9-10-11-21-31-27-18-16-26(17-19-27)25-14-12-24(13-15-25)22(3)32-28(29)23(4)30-20-6-2/h12-19,22-23H,5-11,20-21H2,1-4H3. The second kappa shape index (κ2) is 14.7. The molecule has 32 heavy (non-hydrogen) atoms. The van der Waals surface area contributed by atoms with Crippen LogP contribution in [0.2, 0.25) is 0 Å². The minimum atomic E-state index is -0.543. The number of carbonyl (C=O) groups is 1. The number of hydrogen-bond donors (Lipinski definition) is 0. The second-order valence-corrected chi connectivity index (χ2v) is 8.35. The zero-order chi connectivity index (χ0) is 23.2. The van der Waals surface area contributed by atoms with Gasteiger partial charge in [0.25, 0.3) is 0 Å². The molecular weight excluding hydrogens is 400 g/mol. The number of benzene rings is 2. The van der Waals surface area contributed by atoms with Gasteiger partial charge in [-0.3, -0.25) is 0 Å². The fourth-order valence-corrected chi connectivity index (χ4v) is 3.46. The number of rotatable bonds is 15. The van der Waals surface area contributed by atoms with Gasteiger partial charge in [0.2, 0.25) is 0 Å². The summed E-state index contributed by atoms with van der Waals surface area (Å²) in [6, 6.07) is 16.4. The molecule has 0 radical (unpaired) electrons. The number of esters is 1. The Hall–Kier alpha value is -2.33. The van der Waals surface area contributed by atoms with Crippen LogP contribution in [0.1, 0.15) is 84.3 Å². The van der Waals surface area contributed by atoms with Crippen molar-refractivity contribution in [3.05, 3.63) is 54.1 Å². The molecule has 0 aliphatic heterocycles. The van der Waals surface area contributed by atoms with Crippen LogP contribution >= 0.6 is 0 Å². The van der Waals surface area contributed by atoms with Crippen molar-refractivity contribution in [3.63, 3.8) is 0 Å². The van der Waals surface area contributed by atoms with E-state index < -0.39 is 6.10 Å². The van der Waals surface area contributed by atoms with Gasteiger partial charge in [-0.05, 0) is 55.5 Å². The van der Waals surface area contributed by atoms with Gasteiger partial charge >= 0.3 is 5.97 Å². The second-order valence-electron chi connectivity index (χ2n) is 8.35. The predicted octanol–water partition coefficient (Wildman–Crippen LogP) is 7.51. The first-order chi connectivity index (χ1) is 15.5. The zero-order valence-corrected chi connectivity index (χ0v) is 20.3. The summed E-state index contributed by atoms with van der Waals surface area (Å²) in [6.45, 7) is 9.20. The summed E-state index contributed by atoms with van der Waals surface area (Å²) < 4.78 is 16.9. The summed E-state index contributed by atoms with van der Waals surface area (Å²) in [5, 5.41) is 0. The maximum absolute atomic E-state index is 12.1. The third-order valence-electron chi connectivity index (χ3n) is 5.53. The van der Waals surface area contributed by atoms with E-state index in [2.05, 4.69) is 31.2 Å². The van der Waals surface area contributed by atoms with Crippen LogP contribution in [0.3, 0.4) is 0 Å². The Balaban J connectivity index is 1.81. The lowest BCUT2D eigenvalue weighted by Gasteiger charge is -2.17. The average molecular weight is 441 g/mol. The van der Waals surface area contributed by atoms with Gasteiger partial charge in [0.1, 0.15) is 11.9 Å². The molecule has 0 spiro atoms. The quantitative estimate of drug-likeness (QED) is 0.212. The summed E-state index contributed by atoms with van der Waals surface area (Å²) in [5.74, 6) is 0.588. The zero-order valence-electron chi connectivity index (χ0n) is 20.3. The molecule has 0 aliphatic rings. The van der Waals surface area contributed by atoms with Gasteiger partial charge in [-0.2, -0.15) is 0 Å². The third kappa shape index (κ3) is 9.04. The monoisotopic (exact) mass is 440 g/mol. The van der Waals surface area contributed by atoms with Crippen molar-refractivity contribution in [1.82, 2.24) is 0 Å². The van der Waals surface area contributed by atoms with Gasteiger partial charge in [0.05, 0.1) is 6.61 Å². The lowest BCUT2D eigenvalue weighted by atomic mass is 10.0. The molecule has 0 fully saturated rings. The van der Waals surface area contributed by atoms with Crippen molar-refractivity contribution in [2.45, 2.75) is 84.8 Å². The number of carbonyl (C=O) groups excluding carboxylic acids is 1. The maximum Gasteiger partial charge on any atom is 0.335 e. The third-order valence-corrected chi connectivity index (χ3v) is 5.53. The highest BCUT2D eigenvalue weighted by atomic mass is 16.6. The van der Waals surface area contributed by atoms with Gasteiger partial charge in [0, 0.05) is 6.61 Å². The number of ether oxygens (including phenoxy) is 3. The van der Waals surface area contributed by atoms with E-state index in [0.29, 0.717) is 6.61 Å². The van der Waals surface area contributed by atoms with Gasteiger partial charge in [-0.15, -0.1) is 0 Å². The SMILES string of the molecule is CCCCCCCCOc1ccc(-c2ccc(C(C)OC(=O)C(C)OCCC)cc2)cc1. The molecule has 2 aromatic carbocycles. The Labute approximate surface area is 194 Å². The summed E-state index contributed by atoms with van der Waals surface area (Å²) >= 11 is 0. The van der Waals surface area contributed by atoms with Crippen molar-refractivity contribution < 1.29 is 19.0 Å². The Morgan fingerprint density at radius 1 is 0.750 bits per heavy atom. The highest BCUT2D eigenvalue weighted by molar-refractivity contribution is 5.74. The van der Waals surface area contributed by atoms with E-state index in [9.17, 15) is 4.79 Å². The summed E-state index contributed by atoms with van der Waals surface area (Å²) in [4.78, 5) is 12.1. The van der Waals surface area contributed by atoms with Crippen LogP contribution in [0, 0.1) is 0 Å². The highest BCUT2D eigenvalue weighted by Crippen LogP contribution is 2.26. The number of unbranched alkanes of at least 4 members (excludes halogenated alkanes) is 5. The Morgan fingerprint density at radius 3 is 1.97 bits per heavy atom. The summed E-state index contributed by atoms with van der Waals surface area (Å²) in [6.07, 6.45) is 7.61. The molecule has 2 unspecified atom stereocenters. The van der Waals surface area contributed by atoms with Crippen molar-refractivity contribution in [2.75, 3.05) is 13.2 Å². The van der Waals surface area contributed by atoms with Gasteiger partial charge in [-0.1, -0.05) is 82.3 Å². The molecule has 2 rings (SSSR count). The van der Waals surface area contributed by atoms with Crippen LogP contribution in [-0.2, 0) is 14.3 Å². The Morgan fingerprint density at radius 2 is 1.34 bits per heavy atom. The predicted molar refractivity (Wildman–Crippen MR) is 131 cm³/mol. The van der Waals surface area contributed by atoms with Crippen LogP contribution < -0.4 is 4.74 Å². The van der Waals surface area contributed by atoms with E-state index in [1.54, 1.807) is 6.92 Å². The first kappa shape index (κ1) is 25.9. The maximum atomic E-state index is 12.1. The van der Waals surface area contributed by atoms with E-state index in [1.165, 1.54) is 32.1 Å². The van der Waals surface area contributed by atoms with Gasteiger partial charge in [0.15, 0.2) is 6.10 Å². The van der Waals surface area contributed by atoms with Crippen molar-refractivity contribution >= 4 is 5.97 Å². The largest absolute Gasteiger partial charge is 0.494 e. The normalized spacial score (nSPS) is 12.9. The lowest BCUT2D eigenvalue weighted by Crippen LogP contribution is -2.24. The molecule has 0 aromatic heterocycles. The molecule has 2 aromatic rings. The molecule has 2 atom stereocenters. The molecule has 0 heterocycles. The smallest absolute Gasteiger partial charge is 0.335 e. The molecule has 0 saturated carbocycles. The van der Waals surface area contributed by atoms with Crippen molar-refractivity contribution in [1.29, 1.82) is 0 Å². The first-order valence-corrected chi connectivity index (χ1v) is 12.2. The topological polar surface area (TPSA) is 44.8 Å². The van der Waals surface area contributed by atoms with Crippen molar-refractivity contribution in [3.8, 4) is 16.9 Å². The van der Waals surface area contributed by atoms with E-state index in [-0.39, 0.29) is 12.1 Å². The van der Waals surface area contributed by atoms with Crippen molar-refractivity contribution in [2.24, 2.45) is 0 Å². The first-order valence-electron chi connectivity index (χ1n) is 12.2. The fourth-order valence-electron chi connectivity index (χ4n) is 3.46. The highest BCUT2D eigenvalue weighted by Gasteiger charge is 2.18. The molecule has 4 heteroatoms. The molecular formula is C28H40O4. The number of hydrogen-bond acceptors (Lipinski definition) is 4. The summed E-state index contributed by atoms with van der Waals surface area (Å²) in [5.41, 5.74) is 3.22. The Bertz CT molecular complexity index is 767. The minimum absolute atomic E-state index is 0.318. The van der Waals surface area contributed by atoms with Crippen LogP contribution in [0.15, 0.2) is 48.5 Å². The summed E-state index contributed by atoms with van der Waals surface area (Å²) in [7, 11) is 0. The molecule has 0 bridgehead atoms. The molecule has 0 aliphatic carbocycles. The lowest BCUT2D eigenvalue weighted by molar-refractivity contribution is -0.161. The molecule has 0 amide bonds. The van der Waals surface area contributed by atoms with Crippen LogP contribution in [0.25, 0.3) is 11.1 Å². The van der Waals surface area contributed by atoms with E-state index >= 15 is 0 Å². The van der Waals surface area contributed by atoms with Gasteiger partial charge < -0.3 is 14.2 Å².